The standard InChI is InChI=1S/C21H25N5O3/c1-5-25(14-16-6-10-18(11-7-16)24(3)4)15(2)20-22-23-21(29-20)17-8-12-19(13-9-17)26(27)28/h6-13,15H,5,14H2,1-4H3/t15-/m0/s1. The summed E-state index contributed by atoms with van der Waals surface area (Å²) in [7, 11) is 4.04. The molecule has 0 N–H and O–H groups in total. The molecule has 29 heavy (non-hydrogen) atoms. The van der Waals surface area contributed by atoms with Gasteiger partial charge in [-0.25, -0.2) is 0 Å². The van der Waals surface area contributed by atoms with Crippen LogP contribution in [0.3, 0.4) is 0 Å². The molecule has 1 aromatic heterocycles. The minimum atomic E-state index is -0.435. The molecule has 0 amide bonds. The van der Waals surface area contributed by atoms with Crippen LogP contribution in [-0.2, 0) is 6.54 Å². The molecule has 0 bridgehead atoms. The number of nitro benzene ring substituents is 1. The highest BCUT2D eigenvalue weighted by molar-refractivity contribution is 5.55. The Balaban J connectivity index is 1.72. The SMILES string of the molecule is CCN(Cc1ccc(N(C)C)cc1)[C@@H](C)c1nnc(-c2ccc([N+](=O)[O-])cc2)o1. The Kier molecular flexibility index (Phi) is 6.23. The normalized spacial score (nSPS) is 12.2. The molecule has 0 fully saturated rings. The maximum absolute atomic E-state index is 10.8. The molecule has 0 unspecified atom stereocenters. The van der Waals surface area contributed by atoms with E-state index < -0.39 is 4.92 Å². The first-order valence-corrected chi connectivity index (χ1v) is 9.47. The maximum atomic E-state index is 10.8. The number of aromatic nitrogens is 2. The summed E-state index contributed by atoms with van der Waals surface area (Å²) in [5.41, 5.74) is 3.05. The van der Waals surface area contributed by atoms with Crippen LogP contribution in [0, 0.1) is 10.1 Å². The summed E-state index contributed by atoms with van der Waals surface area (Å²) in [6.07, 6.45) is 0. The van der Waals surface area contributed by atoms with Crippen molar-refractivity contribution in [3.8, 4) is 11.5 Å². The Morgan fingerprint density at radius 2 is 1.72 bits per heavy atom. The Morgan fingerprint density at radius 1 is 1.07 bits per heavy atom. The minimum absolute atomic E-state index is 0.0271. The Morgan fingerprint density at radius 3 is 2.28 bits per heavy atom. The van der Waals surface area contributed by atoms with Crippen molar-refractivity contribution in [2.45, 2.75) is 26.4 Å². The van der Waals surface area contributed by atoms with Crippen molar-refractivity contribution in [3.05, 3.63) is 70.1 Å². The van der Waals surface area contributed by atoms with Crippen molar-refractivity contribution in [3.63, 3.8) is 0 Å². The molecule has 8 heteroatoms. The van der Waals surface area contributed by atoms with E-state index in [0.29, 0.717) is 17.3 Å². The lowest BCUT2D eigenvalue weighted by atomic mass is 10.1. The monoisotopic (exact) mass is 395 g/mol. The number of hydrogen-bond donors (Lipinski definition) is 0. The summed E-state index contributed by atoms with van der Waals surface area (Å²) >= 11 is 0. The number of anilines is 1. The van der Waals surface area contributed by atoms with E-state index in [-0.39, 0.29) is 11.7 Å². The topological polar surface area (TPSA) is 88.5 Å². The predicted octanol–water partition coefficient (Wildman–Crippen LogP) is 4.29. The van der Waals surface area contributed by atoms with Crippen LogP contribution in [0.4, 0.5) is 11.4 Å². The zero-order chi connectivity index (χ0) is 21.0. The summed E-state index contributed by atoms with van der Waals surface area (Å²) in [4.78, 5) is 14.7. The van der Waals surface area contributed by atoms with Gasteiger partial charge < -0.3 is 9.32 Å². The lowest BCUT2D eigenvalue weighted by molar-refractivity contribution is -0.384. The molecular formula is C21H25N5O3. The summed E-state index contributed by atoms with van der Waals surface area (Å²) in [6, 6.07) is 14.5. The minimum Gasteiger partial charge on any atom is -0.419 e. The van der Waals surface area contributed by atoms with Crippen molar-refractivity contribution >= 4 is 11.4 Å². The van der Waals surface area contributed by atoms with Crippen LogP contribution in [0.25, 0.3) is 11.5 Å². The van der Waals surface area contributed by atoms with Crippen molar-refractivity contribution < 1.29 is 9.34 Å². The number of nitro groups is 1. The van der Waals surface area contributed by atoms with Crippen LogP contribution in [0.15, 0.2) is 52.9 Å². The van der Waals surface area contributed by atoms with Gasteiger partial charge in [-0.05, 0) is 43.3 Å². The van der Waals surface area contributed by atoms with Gasteiger partial charge in [-0.3, -0.25) is 15.0 Å². The van der Waals surface area contributed by atoms with Gasteiger partial charge in [-0.2, -0.15) is 0 Å². The van der Waals surface area contributed by atoms with Crippen LogP contribution in [-0.4, -0.2) is 40.7 Å². The molecular weight excluding hydrogens is 370 g/mol. The zero-order valence-electron chi connectivity index (χ0n) is 17.1. The average molecular weight is 395 g/mol. The van der Waals surface area contributed by atoms with Gasteiger partial charge in [-0.15, -0.1) is 10.2 Å². The molecule has 0 saturated carbocycles. The van der Waals surface area contributed by atoms with Crippen molar-refractivity contribution in [2.75, 3.05) is 25.5 Å². The third kappa shape index (κ3) is 4.78. The summed E-state index contributed by atoms with van der Waals surface area (Å²) in [5, 5.41) is 19.1. The predicted molar refractivity (Wildman–Crippen MR) is 112 cm³/mol. The fraction of sp³-hybridized carbons (Fsp3) is 0.333. The number of benzene rings is 2. The van der Waals surface area contributed by atoms with E-state index >= 15 is 0 Å². The van der Waals surface area contributed by atoms with Crippen molar-refractivity contribution in [2.24, 2.45) is 0 Å². The Labute approximate surface area is 169 Å². The number of hydrogen-bond acceptors (Lipinski definition) is 7. The molecule has 0 aliphatic rings. The molecule has 0 spiro atoms. The first kappa shape index (κ1) is 20.5. The lowest BCUT2D eigenvalue weighted by Gasteiger charge is -2.25. The van der Waals surface area contributed by atoms with Gasteiger partial charge >= 0.3 is 0 Å². The first-order chi connectivity index (χ1) is 13.9. The molecule has 3 aromatic rings. The molecule has 0 aliphatic heterocycles. The molecule has 0 radical (unpaired) electrons. The van der Waals surface area contributed by atoms with E-state index in [2.05, 4.69) is 51.2 Å². The van der Waals surface area contributed by atoms with Crippen LogP contribution in [0.5, 0.6) is 0 Å². The molecule has 0 saturated heterocycles. The van der Waals surface area contributed by atoms with E-state index in [1.165, 1.54) is 17.7 Å². The van der Waals surface area contributed by atoms with Gasteiger partial charge in [0.2, 0.25) is 11.8 Å². The highest BCUT2D eigenvalue weighted by Gasteiger charge is 2.21. The van der Waals surface area contributed by atoms with Gasteiger partial charge in [-0.1, -0.05) is 19.1 Å². The highest BCUT2D eigenvalue weighted by atomic mass is 16.6. The second-order valence-electron chi connectivity index (χ2n) is 7.05. The van der Waals surface area contributed by atoms with Crippen molar-refractivity contribution in [1.29, 1.82) is 0 Å². The first-order valence-electron chi connectivity index (χ1n) is 9.47. The van der Waals surface area contributed by atoms with Gasteiger partial charge in [0.05, 0.1) is 11.0 Å². The molecule has 1 heterocycles. The van der Waals surface area contributed by atoms with E-state index in [0.717, 1.165) is 18.8 Å². The Bertz CT molecular complexity index is 951. The second-order valence-corrected chi connectivity index (χ2v) is 7.05. The van der Waals surface area contributed by atoms with Gasteiger partial charge in [0, 0.05) is 44.0 Å². The molecule has 152 valence electrons. The molecule has 1 atom stereocenters. The third-order valence-electron chi connectivity index (χ3n) is 4.92. The number of rotatable bonds is 8. The van der Waals surface area contributed by atoms with Crippen LogP contribution < -0.4 is 4.90 Å². The van der Waals surface area contributed by atoms with E-state index in [1.807, 2.05) is 21.0 Å². The summed E-state index contributed by atoms with van der Waals surface area (Å²) in [6.45, 7) is 5.72. The molecule has 2 aromatic carbocycles. The highest BCUT2D eigenvalue weighted by Crippen LogP contribution is 2.26. The van der Waals surface area contributed by atoms with E-state index in [1.54, 1.807) is 12.1 Å². The average Bonchev–Trinajstić information content (AvgIpc) is 3.22. The largest absolute Gasteiger partial charge is 0.419 e. The van der Waals surface area contributed by atoms with Crippen LogP contribution >= 0.6 is 0 Å². The quantitative estimate of drug-likeness (QED) is 0.415. The van der Waals surface area contributed by atoms with Gasteiger partial charge in [0.25, 0.3) is 5.69 Å². The smallest absolute Gasteiger partial charge is 0.269 e. The van der Waals surface area contributed by atoms with Gasteiger partial charge in [0.1, 0.15) is 0 Å². The number of non-ortho nitro benzene ring substituents is 1. The molecule has 0 aliphatic carbocycles. The fourth-order valence-electron chi connectivity index (χ4n) is 3.06. The summed E-state index contributed by atoms with van der Waals surface area (Å²) < 4.78 is 5.86. The van der Waals surface area contributed by atoms with E-state index in [9.17, 15) is 10.1 Å². The fourth-order valence-corrected chi connectivity index (χ4v) is 3.06. The zero-order valence-corrected chi connectivity index (χ0v) is 17.1. The van der Waals surface area contributed by atoms with Crippen LogP contribution in [0.2, 0.25) is 0 Å². The van der Waals surface area contributed by atoms with Crippen LogP contribution in [0.1, 0.15) is 31.3 Å². The van der Waals surface area contributed by atoms with E-state index in [4.69, 9.17) is 4.42 Å². The number of nitrogens with zero attached hydrogens (tertiary/aromatic N) is 5. The maximum Gasteiger partial charge on any atom is 0.269 e. The third-order valence-corrected chi connectivity index (χ3v) is 4.92. The molecule has 3 rings (SSSR count). The second kappa shape index (κ2) is 8.83. The summed E-state index contributed by atoms with van der Waals surface area (Å²) in [5.74, 6) is 0.873. The molecule has 8 nitrogen and oxygen atoms in total. The van der Waals surface area contributed by atoms with Gasteiger partial charge in [0.15, 0.2) is 0 Å². The van der Waals surface area contributed by atoms with Crippen molar-refractivity contribution in [1.82, 2.24) is 15.1 Å². The Hall–Kier alpha value is -3.26. The lowest BCUT2D eigenvalue weighted by Crippen LogP contribution is -2.26.